The Balaban J connectivity index is 1.46. The molecule has 3 nitrogen and oxygen atoms in total. The highest BCUT2D eigenvalue weighted by Gasteiger charge is 2.28. The third-order valence-corrected chi connectivity index (χ3v) is 8.86. The Bertz CT molecular complexity index is 2360. The molecule has 2 heterocycles. The van der Waals surface area contributed by atoms with Gasteiger partial charge in [0.1, 0.15) is 11.2 Å². The van der Waals surface area contributed by atoms with Crippen LogP contribution in [0.3, 0.4) is 0 Å². The minimum atomic E-state index is -2.70. The maximum atomic E-state index is 9.99. The fourth-order valence-electron chi connectivity index (χ4n) is 6.30. The molecule has 7 rings (SSSR count). The topological polar surface area (TPSA) is 49.8 Å². The molecule has 212 valence electrons. The fraction of sp³-hybridized carbons (Fsp3) is 0.250. The standard InChI is InChI=1S/C40H36N2O/c1-25-21-29(27-17-19-40(3,4)20-18-27)13-15-31(25)35-22-36(42-24-26(35)2)34-12-8-11-32-33-16-14-30(23-41)37(39(33)43-38(32)34)28-9-6-5-7-10-28/h5-16,21-22,24,27H,17-20H2,1-4H3/i1D3,2D3,15D,27D. The molecule has 0 atom stereocenters. The van der Waals surface area contributed by atoms with Gasteiger partial charge in [0.2, 0.25) is 0 Å². The average molecular weight is 569 g/mol. The van der Waals surface area contributed by atoms with Crippen molar-refractivity contribution in [3.63, 3.8) is 0 Å². The summed E-state index contributed by atoms with van der Waals surface area (Å²) in [6.45, 7) is -1.05. The number of benzene rings is 4. The molecule has 0 radical (unpaired) electrons. The van der Waals surface area contributed by atoms with Crippen LogP contribution in [0.1, 0.15) is 78.6 Å². The first-order valence-corrected chi connectivity index (χ1v) is 14.6. The van der Waals surface area contributed by atoms with E-state index in [0.717, 1.165) is 29.2 Å². The Labute approximate surface area is 265 Å². The van der Waals surface area contributed by atoms with Crippen molar-refractivity contribution in [2.75, 3.05) is 0 Å². The highest BCUT2D eigenvalue weighted by molar-refractivity contribution is 6.13. The van der Waals surface area contributed by atoms with Crippen LogP contribution in [-0.4, -0.2) is 4.98 Å². The van der Waals surface area contributed by atoms with Gasteiger partial charge in [0.15, 0.2) is 0 Å². The van der Waals surface area contributed by atoms with Crippen molar-refractivity contribution in [3.05, 3.63) is 113 Å². The summed E-state index contributed by atoms with van der Waals surface area (Å²) >= 11 is 0. The van der Waals surface area contributed by atoms with E-state index >= 15 is 0 Å². The second kappa shape index (κ2) is 10.5. The van der Waals surface area contributed by atoms with Gasteiger partial charge in [-0.15, -0.1) is 0 Å². The fourth-order valence-corrected chi connectivity index (χ4v) is 6.30. The molecule has 0 amide bonds. The van der Waals surface area contributed by atoms with Gasteiger partial charge in [-0.25, -0.2) is 0 Å². The lowest BCUT2D eigenvalue weighted by atomic mass is 9.71. The summed E-state index contributed by atoms with van der Waals surface area (Å²) < 4.78 is 75.8. The summed E-state index contributed by atoms with van der Waals surface area (Å²) in [5, 5.41) is 11.5. The molecule has 43 heavy (non-hydrogen) atoms. The minimum absolute atomic E-state index is 0.0185. The number of aromatic nitrogens is 1. The quantitative estimate of drug-likeness (QED) is 0.212. The van der Waals surface area contributed by atoms with Gasteiger partial charge in [-0.2, -0.15) is 5.26 Å². The number of nitriles is 1. The molecule has 0 spiro atoms. The molecular formula is C40H36N2O. The van der Waals surface area contributed by atoms with E-state index in [9.17, 15) is 8.00 Å². The van der Waals surface area contributed by atoms with Gasteiger partial charge in [0.25, 0.3) is 0 Å². The molecule has 1 saturated carbocycles. The van der Waals surface area contributed by atoms with Crippen molar-refractivity contribution in [1.29, 1.82) is 5.26 Å². The van der Waals surface area contributed by atoms with Gasteiger partial charge in [0.05, 0.1) is 18.7 Å². The van der Waals surface area contributed by atoms with E-state index in [-0.39, 0.29) is 33.7 Å². The lowest BCUT2D eigenvalue weighted by molar-refractivity contribution is 0.224. The molecule has 0 aliphatic heterocycles. The van der Waals surface area contributed by atoms with Crippen molar-refractivity contribution in [3.8, 4) is 39.6 Å². The molecule has 0 saturated heterocycles. The summed E-state index contributed by atoms with van der Waals surface area (Å²) in [5.74, 6) is -1.05. The molecule has 1 aliphatic rings. The van der Waals surface area contributed by atoms with Crippen LogP contribution in [0.25, 0.3) is 55.4 Å². The number of para-hydroxylation sites is 1. The second-order valence-electron chi connectivity index (χ2n) is 12.2. The monoisotopic (exact) mass is 568 g/mol. The Morgan fingerprint density at radius 3 is 2.44 bits per heavy atom. The number of rotatable bonds is 4. The zero-order valence-corrected chi connectivity index (χ0v) is 24.2. The molecular weight excluding hydrogens is 524 g/mol. The molecule has 4 aromatic carbocycles. The average Bonchev–Trinajstić information content (AvgIpc) is 3.47. The van der Waals surface area contributed by atoms with E-state index in [1.54, 1.807) is 12.1 Å². The van der Waals surface area contributed by atoms with Crippen LogP contribution in [-0.2, 0) is 0 Å². The molecule has 0 N–H and O–H groups in total. The minimum Gasteiger partial charge on any atom is -0.455 e. The highest BCUT2D eigenvalue weighted by atomic mass is 16.3. The Hall–Kier alpha value is -4.68. The van der Waals surface area contributed by atoms with E-state index < -0.39 is 19.6 Å². The van der Waals surface area contributed by atoms with Crippen LogP contribution >= 0.6 is 0 Å². The number of furan rings is 1. The lowest BCUT2D eigenvalue weighted by Crippen LogP contribution is -2.20. The summed E-state index contributed by atoms with van der Waals surface area (Å²) in [4.78, 5) is 4.57. The second-order valence-corrected chi connectivity index (χ2v) is 12.2. The van der Waals surface area contributed by atoms with Crippen molar-refractivity contribution in [2.24, 2.45) is 5.41 Å². The Kier molecular flexibility index (Phi) is 4.78. The maximum Gasteiger partial charge on any atom is 0.144 e. The van der Waals surface area contributed by atoms with E-state index in [1.807, 2.05) is 48.5 Å². The molecule has 1 fully saturated rings. The van der Waals surface area contributed by atoms with Crippen LogP contribution in [0.2, 0.25) is 0 Å². The molecule has 0 unspecified atom stereocenters. The number of hydrogen-bond acceptors (Lipinski definition) is 3. The van der Waals surface area contributed by atoms with Crippen LogP contribution in [0.4, 0.5) is 0 Å². The number of pyridine rings is 1. The van der Waals surface area contributed by atoms with Crippen LogP contribution < -0.4 is 0 Å². The SMILES string of the molecule is [2H]c1cc(C2([2H])CCC(C)(C)CC2)cc(C([2H])([2H])[2H])c1-c1cc(-c2cccc3c2oc2c(-c4ccccc4)c(C#N)ccc23)ncc1C([2H])([2H])[2H]. The smallest absolute Gasteiger partial charge is 0.144 e. The Morgan fingerprint density at radius 1 is 0.884 bits per heavy atom. The van der Waals surface area contributed by atoms with Gasteiger partial charge in [-0.1, -0.05) is 74.5 Å². The number of hydrogen-bond donors (Lipinski definition) is 0. The molecule has 1 aliphatic carbocycles. The first kappa shape index (κ1) is 19.5. The van der Waals surface area contributed by atoms with E-state index in [4.69, 9.17) is 12.6 Å². The molecule has 0 bridgehead atoms. The van der Waals surface area contributed by atoms with Gasteiger partial charge in [0, 0.05) is 37.7 Å². The largest absolute Gasteiger partial charge is 0.455 e. The van der Waals surface area contributed by atoms with Gasteiger partial charge in [-0.3, -0.25) is 4.98 Å². The Morgan fingerprint density at radius 2 is 1.67 bits per heavy atom. The first-order valence-electron chi connectivity index (χ1n) is 18.6. The summed E-state index contributed by atoms with van der Waals surface area (Å²) in [6, 6.07) is 25.3. The zero-order chi connectivity index (χ0) is 36.5. The summed E-state index contributed by atoms with van der Waals surface area (Å²) in [7, 11) is 0. The van der Waals surface area contributed by atoms with E-state index in [0.29, 0.717) is 52.0 Å². The predicted molar refractivity (Wildman–Crippen MR) is 177 cm³/mol. The zero-order valence-electron chi connectivity index (χ0n) is 32.2. The van der Waals surface area contributed by atoms with Gasteiger partial charge >= 0.3 is 0 Å². The lowest BCUT2D eigenvalue weighted by Gasteiger charge is -2.34. The maximum absolute atomic E-state index is 9.99. The number of aryl methyl sites for hydroxylation is 2. The molecule has 2 aromatic heterocycles. The highest BCUT2D eigenvalue weighted by Crippen LogP contribution is 2.44. The predicted octanol–water partition coefficient (Wildman–Crippen LogP) is 11.2. The molecule has 3 heteroatoms. The third-order valence-electron chi connectivity index (χ3n) is 8.86. The van der Waals surface area contributed by atoms with E-state index in [2.05, 4.69) is 24.9 Å². The van der Waals surface area contributed by atoms with Crippen molar-refractivity contribution in [2.45, 2.75) is 59.1 Å². The van der Waals surface area contributed by atoms with Crippen molar-refractivity contribution < 1.29 is 15.4 Å². The molecule has 6 aromatic rings. The first-order chi connectivity index (χ1) is 24.0. The third kappa shape index (κ3) is 4.82. The normalized spacial score (nSPS) is 19.2. The van der Waals surface area contributed by atoms with Crippen LogP contribution in [0.5, 0.6) is 0 Å². The van der Waals surface area contributed by atoms with Crippen molar-refractivity contribution in [1.82, 2.24) is 4.98 Å². The van der Waals surface area contributed by atoms with Crippen molar-refractivity contribution >= 4 is 21.9 Å². The summed E-state index contributed by atoms with van der Waals surface area (Å²) in [5.41, 5.74) is 4.01. The van der Waals surface area contributed by atoms with Gasteiger partial charge < -0.3 is 4.42 Å². The van der Waals surface area contributed by atoms with Gasteiger partial charge in [-0.05, 0) is 108 Å². The van der Waals surface area contributed by atoms with E-state index in [1.165, 1.54) is 24.4 Å². The van der Waals surface area contributed by atoms with Crippen LogP contribution in [0, 0.1) is 30.4 Å². The summed E-state index contributed by atoms with van der Waals surface area (Å²) in [6.07, 6.45) is 3.88. The number of nitrogens with zero attached hydrogens (tertiary/aromatic N) is 2. The number of fused-ring (bicyclic) bond motifs is 3. The van der Waals surface area contributed by atoms with Crippen LogP contribution in [0.15, 0.2) is 95.5 Å².